The van der Waals surface area contributed by atoms with E-state index in [2.05, 4.69) is 10.6 Å². The lowest BCUT2D eigenvalue weighted by Gasteiger charge is -2.22. The molecular formula is C13H16N2O4. The van der Waals surface area contributed by atoms with E-state index in [4.69, 9.17) is 4.74 Å². The Kier molecular flexibility index (Phi) is 3.89. The Morgan fingerprint density at radius 1 is 1.53 bits per heavy atom. The highest BCUT2D eigenvalue weighted by Crippen LogP contribution is 2.23. The predicted octanol–water partition coefficient (Wildman–Crippen LogP) is 0.409. The smallest absolute Gasteiger partial charge is 0.255 e. The Morgan fingerprint density at radius 3 is 2.95 bits per heavy atom. The minimum atomic E-state index is -0.539. The average Bonchev–Trinajstić information content (AvgIpc) is 2.41. The van der Waals surface area contributed by atoms with E-state index in [1.807, 2.05) is 0 Å². The molecule has 6 heteroatoms. The monoisotopic (exact) mass is 264 g/mol. The van der Waals surface area contributed by atoms with Crippen molar-refractivity contribution in [3.05, 3.63) is 23.8 Å². The summed E-state index contributed by atoms with van der Waals surface area (Å²) in [5, 5.41) is 15.0. The van der Waals surface area contributed by atoms with Gasteiger partial charge in [0.1, 0.15) is 17.5 Å². The Hall–Kier alpha value is -2.24. The zero-order valence-corrected chi connectivity index (χ0v) is 10.6. The van der Waals surface area contributed by atoms with E-state index >= 15 is 0 Å². The largest absolute Gasteiger partial charge is 0.507 e. The summed E-state index contributed by atoms with van der Waals surface area (Å²) in [6.07, 6.45) is 1.43. The van der Waals surface area contributed by atoms with Crippen LogP contribution in [0.1, 0.15) is 23.2 Å². The number of methoxy groups -OCH3 is 1. The van der Waals surface area contributed by atoms with E-state index in [0.29, 0.717) is 18.7 Å². The first-order valence-corrected chi connectivity index (χ1v) is 6.07. The summed E-state index contributed by atoms with van der Waals surface area (Å²) in [5.74, 6) is -0.368. The standard InChI is InChI=1S/C13H16N2O4/c1-19-8-4-5-9(11(16)7-8)12(17)15-10-3-2-6-14-13(10)18/h4-5,7,10,16H,2-3,6H2,1H3,(H,14,18)(H,15,17). The van der Waals surface area contributed by atoms with Gasteiger partial charge < -0.3 is 20.5 Å². The predicted molar refractivity (Wildman–Crippen MR) is 68.2 cm³/mol. The first-order valence-electron chi connectivity index (χ1n) is 6.07. The van der Waals surface area contributed by atoms with Crippen LogP contribution in [0.5, 0.6) is 11.5 Å². The number of hydrogen-bond donors (Lipinski definition) is 3. The molecule has 102 valence electrons. The number of nitrogens with one attached hydrogen (secondary N) is 2. The minimum Gasteiger partial charge on any atom is -0.507 e. The third-order valence-electron chi connectivity index (χ3n) is 3.04. The van der Waals surface area contributed by atoms with Crippen LogP contribution < -0.4 is 15.4 Å². The van der Waals surface area contributed by atoms with E-state index in [1.54, 1.807) is 6.07 Å². The molecule has 1 aromatic rings. The fourth-order valence-electron chi connectivity index (χ4n) is 1.98. The lowest BCUT2D eigenvalue weighted by Crippen LogP contribution is -2.50. The summed E-state index contributed by atoms with van der Waals surface area (Å²) in [6.45, 7) is 0.638. The van der Waals surface area contributed by atoms with Gasteiger partial charge >= 0.3 is 0 Å². The van der Waals surface area contributed by atoms with Crippen LogP contribution >= 0.6 is 0 Å². The van der Waals surface area contributed by atoms with E-state index in [1.165, 1.54) is 19.2 Å². The van der Waals surface area contributed by atoms with Crippen LogP contribution in [0.4, 0.5) is 0 Å². The Morgan fingerprint density at radius 2 is 2.32 bits per heavy atom. The molecule has 2 amide bonds. The van der Waals surface area contributed by atoms with Crippen molar-refractivity contribution >= 4 is 11.8 Å². The number of rotatable bonds is 3. The summed E-state index contributed by atoms with van der Waals surface area (Å²) >= 11 is 0. The molecule has 0 bridgehead atoms. The van der Waals surface area contributed by atoms with Gasteiger partial charge in [0.05, 0.1) is 12.7 Å². The fourth-order valence-corrected chi connectivity index (χ4v) is 1.98. The molecule has 19 heavy (non-hydrogen) atoms. The maximum absolute atomic E-state index is 12.0. The van der Waals surface area contributed by atoms with E-state index in [-0.39, 0.29) is 17.2 Å². The van der Waals surface area contributed by atoms with Gasteiger partial charge in [-0.3, -0.25) is 9.59 Å². The molecule has 1 aromatic carbocycles. The lowest BCUT2D eigenvalue weighted by molar-refractivity contribution is -0.124. The van der Waals surface area contributed by atoms with Crippen molar-refractivity contribution in [1.82, 2.24) is 10.6 Å². The Balaban J connectivity index is 2.09. The molecule has 0 saturated carbocycles. The SMILES string of the molecule is COc1ccc(C(=O)NC2CCCNC2=O)c(O)c1. The zero-order chi connectivity index (χ0) is 13.8. The van der Waals surface area contributed by atoms with Gasteiger partial charge in [-0.2, -0.15) is 0 Å². The molecule has 0 aromatic heterocycles. The van der Waals surface area contributed by atoms with Crippen molar-refractivity contribution in [1.29, 1.82) is 0 Å². The Bertz CT molecular complexity index is 501. The second-order valence-electron chi connectivity index (χ2n) is 4.34. The van der Waals surface area contributed by atoms with E-state index < -0.39 is 11.9 Å². The van der Waals surface area contributed by atoms with Gasteiger partial charge in [0, 0.05) is 12.6 Å². The van der Waals surface area contributed by atoms with Gasteiger partial charge in [-0.1, -0.05) is 0 Å². The highest BCUT2D eigenvalue weighted by atomic mass is 16.5. The first kappa shape index (κ1) is 13.2. The van der Waals surface area contributed by atoms with Crippen molar-refractivity contribution < 1.29 is 19.4 Å². The van der Waals surface area contributed by atoms with Crippen LogP contribution in [0.15, 0.2) is 18.2 Å². The first-order chi connectivity index (χ1) is 9.11. The van der Waals surface area contributed by atoms with Crippen molar-refractivity contribution in [2.24, 2.45) is 0 Å². The van der Waals surface area contributed by atoms with Crippen LogP contribution in [0.2, 0.25) is 0 Å². The molecule has 0 spiro atoms. The molecule has 1 unspecified atom stereocenters. The number of aromatic hydroxyl groups is 1. The number of carbonyl (C=O) groups excluding carboxylic acids is 2. The fraction of sp³-hybridized carbons (Fsp3) is 0.385. The van der Waals surface area contributed by atoms with Crippen LogP contribution in [-0.4, -0.2) is 36.6 Å². The van der Waals surface area contributed by atoms with Crippen molar-refractivity contribution in [2.75, 3.05) is 13.7 Å². The normalized spacial score (nSPS) is 18.6. The topological polar surface area (TPSA) is 87.7 Å². The van der Waals surface area contributed by atoms with Crippen LogP contribution in [0.25, 0.3) is 0 Å². The third kappa shape index (κ3) is 2.96. The number of ether oxygens (including phenoxy) is 1. The number of hydrogen-bond acceptors (Lipinski definition) is 4. The van der Waals surface area contributed by atoms with Crippen molar-refractivity contribution in [3.63, 3.8) is 0 Å². The van der Waals surface area contributed by atoms with Crippen LogP contribution in [0, 0.1) is 0 Å². The number of phenolic OH excluding ortho intramolecular Hbond substituents is 1. The highest BCUT2D eigenvalue weighted by molar-refractivity contribution is 5.99. The van der Waals surface area contributed by atoms with Gasteiger partial charge in [0.15, 0.2) is 0 Å². The molecule has 1 aliphatic heterocycles. The highest BCUT2D eigenvalue weighted by Gasteiger charge is 2.24. The van der Waals surface area contributed by atoms with E-state index in [0.717, 1.165) is 6.42 Å². The molecule has 2 rings (SSSR count). The summed E-state index contributed by atoms with van der Waals surface area (Å²) < 4.78 is 4.94. The van der Waals surface area contributed by atoms with Gasteiger partial charge in [0.2, 0.25) is 5.91 Å². The Labute approximate surface area is 110 Å². The molecular weight excluding hydrogens is 248 g/mol. The molecule has 1 saturated heterocycles. The quantitative estimate of drug-likeness (QED) is 0.738. The average molecular weight is 264 g/mol. The summed E-state index contributed by atoms with van der Waals surface area (Å²) in [5.41, 5.74) is 0.124. The van der Waals surface area contributed by atoms with Gasteiger partial charge in [-0.25, -0.2) is 0 Å². The molecule has 0 aliphatic carbocycles. The van der Waals surface area contributed by atoms with Gasteiger partial charge in [0.25, 0.3) is 5.91 Å². The lowest BCUT2D eigenvalue weighted by atomic mass is 10.1. The van der Waals surface area contributed by atoms with Crippen molar-refractivity contribution in [2.45, 2.75) is 18.9 Å². The summed E-state index contributed by atoms with van der Waals surface area (Å²) in [7, 11) is 1.47. The van der Waals surface area contributed by atoms with Crippen LogP contribution in [-0.2, 0) is 4.79 Å². The number of carbonyl (C=O) groups is 2. The van der Waals surface area contributed by atoms with Gasteiger partial charge in [-0.15, -0.1) is 0 Å². The maximum Gasteiger partial charge on any atom is 0.255 e. The third-order valence-corrected chi connectivity index (χ3v) is 3.04. The number of piperidine rings is 1. The molecule has 1 heterocycles. The molecule has 0 radical (unpaired) electrons. The molecule has 1 fully saturated rings. The van der Waals surface area contributed by atoms with Gasteiger partial charge in [-0.05, 0) is 25.0 Å². The molecule has 1 aliphatic rings. The van der Waals surface area contributed by atoms with Crippen LogP contribution in [0.3, 0.4) is 0 Å². The number of benzene rings is 1. The second-order valence-corrected chi connectivity index (χ2v) is 4.34. The maximum atomic E-state index is 12.0. The van der Waals surface area contributed by atoms with Crippen molar-refractivity contribution in [3.8, 4) is 11.5 Å². The second kappa shape index (κ2) is 5.60. The van der Waals surface area contributed by atoms with E-state index in [9.17, 15) is 14.7 Å². The molecule has 1 atom stereocenters. The minimum absolute atomic E-state index is 0.124. The summed E-state index contributed by atoms with van der Waals surface area (Å²) in [4.78, 5) is 23.5. The summed E-state index contributed by atoms with van der Waals surface area (Å²) in [6, 6.07) is 3.86. The number of phenols is 1. The molecule has 3 N–H and O–H groups in total. The zero-order valence-electron chi connectivity index (χ0n) is 10.6. The number of amides is 2. The molecule has 6 nitrogen and oxygen atoms in total.